The van der Waals surface area contributed by atoms with Gasteiger partial charge in [-0.25, -0.2) is 5.01 Å². The highest BCUT2D eigenvalue weighted by molar-refractivity contribution is 5.92. The summed E-state index contributed by atoms with van der Waals surface area (Å²) in [5, 5.41) is 4.39. The fourth-order valence-corrected chi connectivity index (χ4v) is 5.27. The van der Waals surface area contributed by atoms with Crippen molar-refractivity contribution in [3.8, 4) is 0 Å². The Morgan fingerprint density at radius 1 is 0.964 bits per heavy atom. The van der Waals surface area contributed by atoms with Crippen molar-refractivity contribution in [1.82, 2.24) is 5.01 Å². The largest absolute Gasteiger partial charge is 0.281 e. The topological polar surface area (TPSA) is 23.6 Å². The summed E-state index contributed by atoms with van der Waals surface area (Å²) in [5.74, 6) is 0.274. The highest BCUT2D eigenvalue weighted by Crippen LogP contribution is 2.47. The van der Waals surface area contributed by atoms with Crippen LogP contribution in [0.2, 0.25) is 0 Å². The van der Waals surface area contributed by atoms with Gasteiger partial charge in [-0.2, -0.15) is 0 Å². The summed E-state index contributed by atoms with van der Waals surface area (Å²) in [6.07, 6.45) is 9.86. The summed E-state index contributed by atoms with van der Waals surface area (Å²) in [7, 11) is 0. The van der Waals surface area contributed by atoms with Crippen molar-refractivity contribution in [2.24, 2.45) is 0 Å². The number of nitrogens with zero attached hydrogens (tertiary/aromatic N) is 2. The van der Waals surface area contributed by atoms with Gasteiger partial charge < -0.3 is 0 Å². The van der Waals surface area contributed by atoms with Gasteiger partial charge in [0.15, 0.2) is 0 Å². The van der Waals surface area contributed by atoms with E-state index < -0.39 is 0 Å². The lowest BCUT2D eigenvalue weighted by Gasteiger charge is -2.46. The molecule has 5 rings (SSSR count). The van der Waals surface area contributed by atoms with E-state index in [1.165, 1.54) is 47.2 Å². The van der Waals surface area contributed by atoms with Gasteiger partial charge in [0.2, 0.25) is 5.91 Å². The molecule has 1 saturated carbocycles. The normalized spacial score (nSPS) is 20.6. The number of para-hydroxylation sites is 1. The van der Waals surface area contributed by atoms with Gasteiger partial charge in [-0.1, -0.05) is 68.7 Å². The molecular formula is C25H28N2O. The van der Waals surface area contributed by atoms with Gasteiger partial charge in [0, 0.05) is 18.5 Å². The molecule has 2 aliphatic heterocycles. The molecule has 28 heavy (non-hydrogen) atoms. The van der Waals surface area contributed by atoms with Crippen LogP contribution < -0.4 is 5.01 Å². The summed E-state index contributed by atoms with van der Waals surface area (Å²) in [6, 6.07) is 17.6. The summed E-state index contributed by atoms with van der Waals surface area (Å²) in [6.45, 7) is 2.98. The highest BCUT2D eigenvalue weighted by Gasteiger charge is 2.47. The number of hydrogen-bond acceptors (Lipinski definition) is 2. The van der Waals surface area contributed by atoms with Crippen LogP contribution in [-0.4, -0.2) is 23.0 Å². The molecule has 2 aromatic rings. The van der Waals surface area contributed by atoms with Crippen molar-refractivity contribution >= 4 is 17.2 Å². The van der Waals surface area contributed by atoms with Gasteiger partial charge in [-0.15, -0.1) is 0 Å². The average Bonchev–Trinajstić information content (AvgIpc) is 3.10. The highest BCUT2D eigenvalue weighted by atomic mass is 16.2. The lowest BCUT2D eigenvalue weighted by atomic mass is 9.78. The number of hydrazine groups is 1. The second-order valence-electron chi connectivity index (χ2n) is 8.37. The van der Waals surface area contributed by atoms with Crippen LogP contribution >= 0.6 is 0 Å². The molecule has 2 heterocycles. The third-order valence-electron chi connectivity index (χ3n) is 6.71. The van der Waals surface area contributed by atoms with Crippen LogP contribution in [0.4, 0.5) is 5.69 Å². The molecule has 0 unspecified atom stereocenters. The lowest BCUT2D eigenvalue weighted by Crippen LogP contribution is -2.55. The number of carbonyl (C=O) groups excluding carboxylic acids is 1. The van der Waals surface area contributed by atoms with Gasteiger partial charge in [-0.3, -0.25) is 9.80 Å². The van der Waals surface area contributed by atoms with Crippen molar-refractivity contribution in [2.45, 2.75) is 57.4 Å². The summed E-state index contributed by atoms with van der Waals surface area (Å²) in [4.78, 5) is 13.0. The number of rotatable bonds is 2. The van der Waals surface area contributed by atoms with Crippen molar-refractivity contribution in [2.75, 3.05) is 11.6 Å². The Bertz CT molecular complexity index is 922. The van der Waals surface area contributed by atoms with E-state index in [-0.39, 0.29) is 11.4 Å². The molecule has 1 amide bonds. The summed E-state index contributed by atoms with van der Waals surface area (Å²) >= 11 is 0. The fourth-order valence-electron chi connectivity index (χ4n) is 5.27. The van der Waals surface area contributed by atoms with E-state index in [9.17, 15) is 4.79 Å². The number of amides is 1. The fraction of sp³-hybridized carbons (Fsp3) is 0.400. The van der Waals surface area contributed by atoms with Crippen LogP contribution in [0, 0.1) is 0 Å². The number of hydrogen-bond donors (Lipinski definition) is 0. The zero-order chi connectivity index (χ0) is 19.1. The minimum Gasteiger partial charge on any atom is -0.281 e. The van der Waals surface area contributed by atoms with Crippen molar-refractivity contribution in [3.63, 3.8) is 0 Å². The van der Waals surface area contributed by atoms with Gasteiger partial charge in [0.25, 0.3) is 0 Å². The van der Waals surface area contributed by atoms with Crippen LogP contribution in [0.1, 0.15) is 62.1 Å². The molecule has 0 aromatic heterocycles. The maximum atomic E-state index is 13.0. The van der Waals surface area contributed by atoms with Crippen LogP contribution in [0.25, 0.3) is 5.57 Å². The van der Waals surface area contributed by atoms with Crippen LogP contribution in [0.3, 0.4) is 0 Å². The van der Waals surface area contributed by atoms with E-state index in [1.807, 2.05) is 0 Å². The lowest BCUT2D eigenvalue weighted by molar-refractivity contribution is -0.133. The molecule has 1 aliphatic carbocycles. The molecule has 3 nitrogen and oxygen atoms in total. The van der Waals surface area contributed by atoms with E-state index in [4.69, 9.17) is 0 Å². The smallest absolute Gasteiger partial charge is 0.243 e. The molecule has 2 fully saturated rings. The number of anilines is 1. The first kappa shape index (κ1) is 17.5. The van der Waals surface area contributed by atoms with Crippen LogP contribution in [-0.2, 0) is 11.2 Å². The number of aryl methyl sites for hydroxylation is 1. The molecule has 2 aromatic carbocycles. The first-order chi connectivity index (χ1) is 13.7. The molecular weight excluding hydrogens is 344 g/mol. The third-order valence-corrected chi connectivity index (χ3v) is 6.71. The maximum Gasteiger partial charge on any atom is 0.243 e. The van der Waals surface area contributed by atoms with Gasteiger partial charge >= 0.3 is 0 Å². The first-order valence-corrected chi connectivity index (χ1v) is 10.7. The van der Waals surface area contributed by atoms with Crippen LogP contribution in [0.15, 0.2) is 54.6 Å². The van der Waals surface area contributed by atoms with E-state index in [2.05, 4.69) is 71.5 Å². The number of fused-ring (bicyclic) bond motifs is 4. The monoisotopic (exact) mass is 372 g/mol. The Kier molecular flexibility index (Phi) is 4.26. The molecule has 1 saturated heterocycles. The second kappa shape index (κ2) is 6.80. The van der Waals surface area contributed by atoms with Crippen molar-refractivity contribution in [1.29, 1.82) is 0 Å². The molecule has 0 atom stereocenters. The Labute approximate surface area is 167 Å². The zero-order valence-electron chi connectivity index (χ0n) is 16.7. The second-order valence-corrected chi connectivity index (χ2v) is 8.37. The van der Waals surface area contributed by atoms with Crippen LogP contribution in [0.5, 0.6) is 0 Å². The minimum atomic E-state index is -0.191. The quantitative estimate of drug-likeness (QED) is 0.709. The Morgan fingerprint density at radius 3 is 2.46 bits per heavy atom. The van der Waals surface area contributed by atoms with E-state index >= 15 is 0 Å². The average molecular weight is 373 g/mol. The third kappa shape index (κ3) is 2.68. The minimum absolute atomic E-state index is 0.191. The van der Waals surface area contributed by atoms with Crippen molar-refractivity contribution < 1.29 is 4.79 Å². The SMILES string of the molecule is CCc1ccc(C2=CC3(CCCCC3)N3C(=O)CCN3c3ccccc32)cc1. The van der Waals surface area contributed by atoms with E-state index in [0.29, 0.717) is 6.42 Å². The predicted octanol–water partition coefficient (Wildman–Crippen LogP) is 5.35. The van der Waals surface area contributed by atoms with E-state index in [0.717, 1.165) is 25.8 Å². The molecule has 3 aliphatic rings. The molecule has 1 spiro atoms. The Morgan fingerprint density at radius 2 is 1.71 bits per heavy atom. The first-order valence-electron chi connectivity index (χ1n) is 10.7. The molecule has 3 heteroatoms. The Hall–Kier alpha value is -2.55. The predicted molar refractivity (Wildman–Crippen MR) is 114 cm³/mol. The van der Waals surface area contributed by atoms with E-state index in [1.54, 1.807) is 0 Å². The number of carbonyl (C=O) groups is 1. The van der Waals surface area contributed by atoms with Gasteiger partial charge in [0.1, 0.15) is 0 Å². The zero-order valence-corrected chi connectivity index (χ0v) is 16.7. The van der Waals surface area contributed by atoms with Gasteiger partial charge in [0.05, 0.1) is 11.2 Å². The molecule has 144 valence electrons. The summed E-state index contributed by atoms with van der Waals surface area (Å²) < 4.78 is 0. The molecule has 0 radical (unpaired) electrons. The molecule has 0 bridgehead atoms. The number of benzene rings is 2. The standard InChI is InChI=1S/C25H28N2O/c1-2-19-10-12-20(13-11-19)22-18-25(15-6-3-7-16-25)27-24(28)14-17-26(27)23-9-5-4-8-21(22)23/h4-5,8-13,18H,2-3,6-7,14-17H2,1H3. The maximum absolute atomic E-state index is 13.0. The Balaban J connectivity index is 1.73. The van der Waals surface area contributed by atoms with Gasteiger partial charge in [-0.05, 0) is 48.1 Å². The van der Waals surface area contributed by atoms with Crippen molar-refractivity contribution in [3.05, 3.63) is 71.3 Å². The molecule has 0 N–H and O–H groups in total. The summed E-state index contributed by atoms with van der Waals surface area (Å²) in [5.41, 5.74) is 6.12.